The molecule has 27 heavy (non-hydrogen) atoms. The lowest BCUT2D eigenvalue weighted by molar-refractivity contribution is -0.914. The minimum absolute atomic E-state index is 0.0161. The molecule has 1 aliphatic heterocycles. The van der Waals surface area contributed by atoms with Crippen LogP contribution in [0.1, 0.15) is 18.7 Å². The minimum atomic E-state index is -0.0161. The molecule has 146 valence electrons. The largest absolute Gasteiger partial charge is 0.492 e. The van der Waals surface area contributed by atoms with Gasteiger partial charge in [0, 0.05) is 11.4 Å². The number of quaternary nitrogens is 1. The van der Waals surface area contributed by atoms with Crippen molar-refractivity contribution in [2.24, 2.45) is 0 Å². The number of nitrogens with zero attached hydrogens (tertiary/aromatic N) is 1. The number of anilines is 1. The van der Waals surface area contributed by atoms with Crippen molar-refractivity contribution >= 4 is 22.9 Å². The third-order valence-electron chi connectivity index (χ3n) is 5.17. The number of ether oxygens (including phenoxy) is 1. The maximum Gasteiger partial charge on any atom is 0.278 e. The van der Waals surface area contributed by atoms with Crippen LogP contribution in [0, 0.1) is 0 Å². The van der Waals surface area contributed by atoms with Crippen LogP contribution in [-0.2, 0) is 11.2 Å². The molecular formula is C21H30N3O2S+. The highest BCUT2D eigenvalue weighted by atomic mass is 32.1. The standard InChI is InChI=1S/C21H29N3O2S/c1-3-26-20-9-5-4-8-19(20)24-14-12-23(13-15-24)17(2)21(25)22-11-10-18-7-6-16-27-18/h4-9,16-17H,3,10-15H2,1-2H3,(H,22,25)/p+1/t17-/m1/s1. The van der Waals surface area contributed by atoms with Crippen LogP contribution in [0.3, 0.4) is 0 Å². The molecule has 1 aromatic carbocycles. The summed E-state index contributed by atoms with van der Waals surface area (Å²) in [6.07, 6.45) is 0.910. The summed E-state index contributed by atoms with van der Waals surface area (Å²) in [6, 6.07) is 12.4. The number of para-hydroxylation sites is 2. The van der Waals surface area contributed by atoms with Crippen molar-refractivity contribution in [1.29, 1.82) is 0 Å². The van der Waals surface area contributed by atoms with Gasteiger partial charge in [0.25, 0.3) is 5.91 Å². The number of carbonyl (C=O) groups excluding carboxylic acids is 1. The van der Waals surface area contributed by atoms with Crippen molar-refractivity contribution in [1.82, 2.24) is 5.32 Å². The van der Waals surface area contributed by atoms with Gasteiger partial charge in [-0.2, -0.15) is 0 Å². The van der Waals surface area contributed by atoms with Gasteiger partial charge in [0.2, 0.25) is 0 Å². The van der Waals surface area contributed by atoms with E-state index < -0.39 is 0 Å². The Bertz CT molecular complexity index is 712. The van der Waals surface area contributed by atoms with E-state index in [1.54, 1.807) is 11.3 Å². The van der Waals surface area contributed by atoms with Crippen LogP contribution >= 0.6 is 11.3 Å². The Morgan fingerprint density at radius 3 is 2.74 bits per heavy atom. The van der Waals surface area contributed by atoms with E-state index in [1.165, 1.54) is 9.78 Å². The van der Waals surface area contributed by atoms with E-state index in [-0.39, 0.29) is 11.9 Å². The first-order chi connectivity index (χ1) is 13.2. The van der Waals surface area contributed by atoms with E-state index in [4.69, 9.17) is 4.74 Å². The summed E-state index contributed by atoms with van der Waals surface area (Å²) < 4.78 is 5.77. The Morgan fingerprint density at radius 2 is 2.04 bits per heavy atom. The Kier molecular flexibility index (Phi) is 7.12. The van der Waals surface area contributed by atoms with Crippen LogP contribution in [0.5, 0.6) is 5.75 Å². The monoisotopic (exact) mass is 388 g/mol. The number of benzene rings is 1. The molecule has 1 saturated heterocycles. The number of carbonyl (C=O) groups is 1. The van der Waals surface area contributed by atoms with Crippen LogP contribution in [0.4, 0.5) is 5.69 Å². The molecule has 0 aliphatic carbocycles. The van der Waals surface area contributed by atoms with Crippen molar-refractivity contribution in [3.8, 4) is 5.75 Å². The maximum atomic E-state index is 12.5. The summed E-state index contributed by atoms with van der Waals surface area (Å²) >= 11 is 1.74. The van der Waals surface area contributed by atoms with Gasteiger partial charge in [-0.3, -0.25) is 4.79 Å². The van der Waals surface area contributed by atoms with Crippen LogP contribution in [0.15, 0.2) is 41.8 Å². The average molecular weight is 389 g/mol. The van der Waals surface area contributed by atoms with Gasteiger partial charge in [-0.1, -0.05) is 18.2 Å². The second-order valence-electron chi connectivity index (χ2n) is 6.89. The Hall–Kier alpha value is -2.05. The van der Waals surface area contributed by atoms with Crippen LogP contribution < -0.4 is 19.9 Å². The lowest BCUT2D eigenvalue weighted by atomic mass is 10.2. The van der Waals surface area contributed by atoms with Crippen LogP contribution in [0.2, 0.25) is 0 Å². The first kappa shape index (κ1) is 19.7. The lowest BCUT2D eigenvalue weighted by Crippen LogP contribution is -3.19. The minimum Gasteiger partial charge on any atom is -0.492 e. The fraction of sp³-hybridized carbons (Fsp3) is 0.476. The molecule has 2 aromatic rings. The molecule has 2 heterocycles. The number of hydrogen-bond donors (Lipinski definition) is 2. The number of thiophene rings is 1. The van der Waals surface area contributed by atoms with Gasteiger partial charge in [-0.05, 0) is 43.8 Å². The summed E-state index contributed by atoms with van der Waals surface area (Å²) in [5, 5.41) is 5.18. The zero-order valence-electron chi connectivity index (χ0n) is 16.2. The van der Waals surface area contributed by atoms with E-state index in [9.17, 15) is 4.79 Å². The van der Waals surface area contributed by atoms with E-state index in [2.05, 4.69) is 39.9 Å². The van der Waals surface area contributed by atoms with Crippen LogP contribution in [0.25, 0.3) is 0 Å². The molecule has 1 atom stereocenters. The summed E-state index contributed by atoms with van der Waals surface area (Å²) in [5.41, 5.74) is 1.16. The molecule has 0 bridgehead atoms. The summed E-state index contributed by atoms with van der Waals surface area (Å²) in [7, 11) is 0. The van der Waals surface area contributed by atoms with Crippen molar-refractivity contribution in [2.75, 3.05) is 44.2 Å². The highest BCUT2D eigenvalue weighted by Crippen LogP contribution is 2.27. The molecule has 0 saturated carbocycles. The number of nitrogens with one attached hydrogen (secondary N) is 2. The molecule has 0 spiro atoms. The first-order valence-electron chi connectivity index (χ1n) is 9.80. The van der Waals surface area contributed by atoms with Gasteiger partial charge in [0.05, 0.1) is 38.5 Å². The smallest absolute Gasteiger partial charge is 0.278 e. The molecule has 1 amide bonds. The highest BCUT2D eigenvalue weighted by molar-refractivity contribution is 7.09. The van der Waals surface area contributed by atoms with Gasteiger partial charge in [0.1, 0.15) is 5.75 Å². The molecule has 0 radical (unpaired) electrons. The molecule has 1 fully saturated rings. The quantitative estimate of drug-likeness (QED) is 0.722. The van der Waals surface area contributed by atoms with E-state index in [0.717, 1.165) is 44.0 Å². The van der Waals surface area contributed by atoms with E-state index >= 15 is 0 Å². The second kappa shape index (κ2) is 9.76. The average Bonchev–Trinajstić information content (AvgIpc) is 3.22. The van der Waals surface area contributed by atoms with Gasteiger partial charge in [-0.15, -0.1) is 11.3 Å². The highest BCUT2D eigenvalue weighted by Gasteiger charge is 2.29. The predicted octanol–water partition coefficient (Wildman–Crippen LogP) is 1.60. The number of hydrogen-bond acceptors (Lipinski definition) is 4. The molecule has 0 unspecified atom stereocenters. The zero-order valence-corrected chi connectivity index (χ0v) is 17.1. The predicted molar refractivity (Wildman–Crippen MR) is 111 cm³/mol. The van der Waals surface area contributed by atoms with Crippen molar-refractivity contribution < 1.29 is 14.4 Å². The number of piperazine rings is 1. The van der Waals surface area contributed by atoms with E-state index in [1.807, 2.05) is 26.0 Å². The van der Waals surface area contributed by atoms with Crippen molar-refractivity contribution in [3.05, 3.63) is 46.7 Å². The normalized spacial score (nSPS) is 16.1. The summed E-state index contributed by atoms with van der Waals surface area (Å²) in [4.78, 5) is 17.5. The third-order valence-corrected chi connectivity index (χ3v) is 6.10. The fourth-order valence-electron chi connectivity index (χ4n) is 3.57. The maximum absolute atomic E-state index is 12.5. The van der Waals surface area contributed by atoms with E-state index in [0.29, 0.717) is 13.2 Å². The second-order valence-corrected chi connectivity index (χ2v) is 7.92. The lowest BCUT2D eigenvalue weighted by Gasteiger charge is -2.36. The van der Waals surface area contributed by atoms with Gasteiger partial charge in [-0.25, -0.2) is 0 Å². The number of rotatable bonds is 8. The topological polar surface area (TPSA) is 46.0 Å². The molecule has 3 rings (SSSR count). The molecular weight excluding hydrogens is 358 g/mol. The SMILES string of the molecule is CCOc1ccccc1N1CC[NH+]([C@H](C)C(=O)NCCc2cccs2)CC1. The molecule has 6 heteroatoms. The summed E-state index contributed by atoms with van der Waals surface area (Å²) in [5.74, 6) is 1.10. The van der Waals surface area contributed by atoms with Gasteiger partial charge >= 0.3 is 0 Å². The summed E-state index contributed by atoms with van der Waals surface area (Å²) in [6.45, 7) is 9.23. The van der Waals surface area contributed by atoms with Crippen molar-refractivity contribution in [3.63, 3.8) is 0 Å². The van der Waals surface area contributed by atoms with Gasteiger partial charge < -0.3 is 19.9 Å². The Balaban J connectivity index is 1.47. The van der Waals surface area contributed by atoms with Crippen molar-refractivity contribution in [2.45, 2.75) is 26.3 Å². The third kappa shape index (κ3) is 5.23. The van der Waals surface area contributed by atoms with Gasteiger partial charge in [0.15, 0.2) is 6.04 Å². The Morgan fingerprint density at radius 1 is 1.26 bits per heavy atom. The zero-order chi connectivity index (χ0) is 19.1. The molecule has 1 aromatic heterocycles. The first-order valence-corrected chi connectivity index (χ1v) is 10.7. The Labute approximate surface area is 165 Å². The fourth-order valence-corrected chi connectivity index (χ4v) is 4.28. The number of amides is 1. The van der Waals surface area contributed by atoms with Crippen LogP contribution in [-0.4, -0.2) is 51.3 Å². The molecule has 1 aliphatic rings. The molecule has 2 N–H and O–H groups in total. The molecule has 5 nitrogen and oxygen atoms in total.